The van der Waals surface area contributed by atoms with Crippen LogP contribution in [0, 0.1) is 6.92 Å². The third-order valence-corrected chi connectivity index (χ3v) is 7.39. The Kier molecular flexibility index (Phi) is 4.16. The van der Waals surface area contributed by atoms with E-state index in [0.29, 0.717) is 10.9 Å². The molecular formula is C15H24N2O2S2. The van der Waals surface area contributed by atoms with Crippen LogP contribution >= 0.6 is 11.3 Å². The number of sulfonamides is 1. The maximum Gasteiger partial charge on any atom is 0.242 e. The minimum atomic E-state index is -3.40. The van der Waals surface area contributed by atoms with Crippen LogP contribution in [0.2, 0.25) is 0 Å². The summed E-state index contributed by atoms with van der Waals surface area (Å²) in [5.74, 6) is 0. The summed E-state index contributed by atoms with van der Waals surface area (Å²) in [6.45, 7) is 4.70. The summed E-state index contributed by atoms with van der Waals surface area (Å²) in [5.41, 5.74) is -0.264. The molecule has 0 saturated heterocycles. The molecule has 21 heavy (non-hydrogen) atoms. The molecule has 0 spiro atoms. The van der Waals surface area contributed by atoms with Crippen LogP contribution in [0.1, 0.15) is 55.2 Å². The predicted octanol–water partition coefficient (Wildman–Crippen LogP) is 2.92. The molecule has 0 aliphatic heterocycles. The van der Waals surface area contributed by atoms with Crippen molar-refractivity contribution in [3.8, 4) is 0 Å². The molecule has 0 bridgehead atoms. The van der Waals surface area contributed by atoms with Gasteiger partial charge in [0.2, 0.25) is 10.0 Å². The van der Waals surface area contributed by atoms with Gasteiger partial charge in [0, 0.05) is 27.9 Å². The summed E-state index contributed by atoms with van der Waals surface area (Å²) in [7, 11) is -3.40. The highest BCUT2D eigenvalue weighted by molar-refractivity contribution is 7.89. The summed E-state index contributed by atoms with van der Waals surface area (Å²) in [6, 6.07) is 2.48. The van der Waals surface area contributed by atoms with Crippen molar-refractivity contribution in [3.05, 3.63) is 15.8 Å². The van der Waals surface area contributed by atoms with Gasteiger partial charge in [-0.25, -0.2) is 13.1 Å². The van der Waals surface area contributed by atoms with Crippen molar-refractivity contribution in [2.45, 2.75) is 75.4 Å². The number of rotatable bonds is 6. The summed E-state index contributed by atoms with van der Waals surface area (Å²) < 4.78 is 28.2. The van der Waals surface area contributed by atoms with Gasteiger partial charge < -0.3 is 5.32 Å². The fourth-order valence-corrected chi connectivity index (χ4v) is 6.10. The zero-order valence-corrected chi connectivity index (χ0v) is 14.4. The topological polar surface area (TPSA) is 58.2 Å². The number of hydrogen-bond donors (Lipinski definition) is 2. The first-order chi connectivity index (χ1) is 9.88. The Hall–Kier alpha value is -0.430. The van der Waals surface area contributed by atoms with Gasteiger partial charge >= 0.3 is 0 Å². The monoisotopic (exact) mass is 328 g/mol. The number of nitrogens with one attached hydrogen (secondary N) is 2. The van der Waals surface area contributed by atoms with E-state index < -0.39 is 10.0 Å². The second-order valence-electron chi connectivity index (χ2n) is 6.66. The summed E-state index contributed by atoms with van der Waals surface area (Å²) in [6.07, 6.45) is 6.58. The second kappa shape index (κ2) is 5.65. The van der Waals surface area contributed by atoms with E-state index in [0.717, 1.165) is 42.0 Å². The van der Waals surface area contributed by atoms with E-state index in [1.54, 1.807) is 11.3 Å². The molecule has 0 amide bonds. The molecular weight excluding hydrogens is 304 g/mol. The Morgan fingerprint density at radius 1 is 1.33 bits per heavy atom. The van der Waals surface area contributed by atoms with Crippen molar-refractivity contribution in [2.24, 2.45) is 0 Å². The Balaban J connectivity index is 1.74. The Morgan fingerprint density at radius 2 is 2.00 bits per heavy atom. The molecule has 2 N–H and O–H groups in total. The van der Waals surface area contributed by atoms with Crippen molar-refractivity contribution >= 4 is 21.4 Å². The molecule has 2 saturated carbocycles. The summed E-state index contributed by atoms with van der Waals surface area (Å²) in [4.78, 5) is 2.46. The van der Waals surface area contributed by atoms with Crippen LogP contribution in [0.5, 0.6) is 0 Å². The van der Waals surface area contributed by atoms with E-state index in [-0.39, 0.29) is 5.54 Å². The summed E-state index contributed by atoms with van der Waals surface area (Å²) >= 11 is 1.59. The minimum absolute atomic E-state index is 0.264. The van der Waals surface area contributed by atoms with Crippen LogP contribution in [0.25, 0.3) is 0 Å². The standard InChI is InChI=1S/C15H24N2O2S2/c1-11-14(9-13(20-11)10-16-12-5-6-12)21(18,19)17-15(2)7-3-4-8-15/h9,12,16-17H,3-8,10H2,1-2H3. The van der Waals surface area contributed by atoms with Gasteiger partial charge in [0.1, 0.15) is 0 Å². The van der Waals surface area contributed by atoms with Gasteiger partial charge in [-0.05, 0) is 45.6 Å². The van der Waals surface area contributed by atoms with E-state index in [1.165, 1.54) is 12.8 Å². The molecule has 2 fully saturated rings. The highest BCUT2D eigenvalue weighted by Crippen LogP contribution is 2.33. The van der Waals surface area contributed by atoms with Crippen molar-refractivity contribution < 1.29 is 8.42 Å². The number of hydrogen-bond acceptors (Lipinski definition) is 4. The molecule has 0 atom stereocenters. The van der Waals surface area contributed by atoms with Gasteiger partial charge in [-0.2, -0.15) is 0 Å². The molecule has 4 nitrogen and oxygen atoms in total. The maximum atomic E-state index is 12.7. The summed E-state index contributed by atoms with van der Waals surface area (Å²) in [5, 5.41) is 3.44. The zero-order valence-electron chi connectivity index (χ0n) is 12.7. The lowest BCUT2D eigenvalue weighted by atomic mass is 10.0. The van der Waals surface area contributed by atoms with Gasteiger partial charge in [0.05, 0.1) is 4.90 Å². The van der Waals surface area contributed by atoms with E-state index >= 15 is 0 Å². The van der Waals surface area contributed by atoms with E-state index in [9.17, 15) is 8.42 Å². The highest BCUT2D eigenvalue weighted by Gasteiger charge is 2.34. The molecule has 1 heterocycles. The van der Waals surface area contributed by atoms with Gasteiger partial charge in [-0.3, -0.25) is 0 Å². The lowest BCUT2D eigenvalue weighted by molar-refractivity contribution is 0.427. The Labute approximate surface area is 131 Å². The van der Waals surface area contributed by atoms with Crippen LogP contribution in [-0.2, 0) is 16.6 Å². The molecule has 0 radical (unpaired) electrons. The first-order valence-corrected chi connectivity index (χ1v) is 10.0. The highest BCUT2D eigenvalue weighted by atomic mass is 32.2. The lowest BCUT2D eigenvalue weighted by Gasteiger charge is -2.24. The van der Waals surface area contributed by atoms with Crippen molar-refractivity contribution in [2.75, 3.05) is 0 Å². The van der Waals surface area contributed by atoms with Gasteiger partial charge in [0.15, 0.2) is 0 Å². The third kappa shape index (κ3) is 3.67. The number of thiophene rings is 1. The minimum Gasteiger partial charge on any atom is -0.309 e. The molecule has 6 heteroatoms. The van der Waals surface area contributed by atoms with Crippen LogP contribution < -0.4 is 10.0 Å². The SMILES string of the molecule is Cc1sc(CNC2CC2)cc1S(=O)(=O)NC1(C)CCCC1. The second-order valence-corrected chi connectivity index (χ2v) is 9.65. The predicted molar refractivity (Wildman–Crippen MR) is 86.1 cm³/mol. The Bertz CT molecular complexity index is 612. The fourth-order valence-electron chi connectivity index (χ4n) is 3.05. The molecule has 2 aliphatic rings. The van der Waals surface area contributed by atoms with Crippen molar-refractivity contribution in [1.29, 1.82) is 0 Å². The lowest BCUT2D eigenvalue weighted by Crippen LogP contribution is -2.43. The molecule has 0 unspecified atom stereocenters. The van der Waals surface area contributed by atoms with Gasteiger partial charge in [0.25, 0.3) is 0 Å². The van der Waals surface area contributed by atoms with Crippen LogP contribution in [0.4, 0.5) is 0 Å². The fraction of sp³-hybridized carbons (Fsp3) is 0.733. The average molecular weight is 329 g/mol. The molecule has 3 rings (SSSR count). The largest absolute Gasteiger partial charge is 0.309 e. The molecule has 0 aromatic carbocycles. The van der Waals surface area contributed by atoms with Gasteiger partial charge in [-0.15, -0.1) is 11.3 Å². The number of aryl methyl sites for hydroxylation is 1. The van der Waals surface area contributed by atoms with Crippen LogP contribution in [0.3, 0.4) is 0 Å². The van der Waals surface area contributed by atoms with E-state index in [2.05, 4.69) is 10.0 Å². The smallest absolute Gasteiger partial charge is 0.242 e. The van der Waals surface area contributed by atoms with Crippen molar-refractivity contribution in [1.82, 2.24) is 10.0 Å². The van der Waals surface area contributed by atoms with Crippen LogP contribution in [0.15, 0.2) is 11.0 Å². The molecule has 2 aliphatic carbocycles. The maximum absolute atomic E-state index is 12.7. The molecule has 1 aromatic heterocycles. The van der Waals surface area contributed by atoms with E-state index in [1.807, 2.05) is 19.9 Å². The van der Waals surface area contributed by atoms with E-state index in [4.69, 9.17) is 0 Å². The van der Waals surface area contributed by atoms with Gasteiger partial charge in [-0.1, -0.05) is 12.8 Å². The third-order valence-electron chi connectivity index (χ3n) is 4.44. The average Bonchev–Trinajstić information content (AvgIpc) is 3.01. The molecule has 1 aromatic rings. The first kappa shape index (κ1) is 15.5. The molecule has 118 valence electrons. The van der Waals surface area contributed by atoms with Crippen LogP contribution in [-0.4, -0.2) is 20.0 Å². The van der Waals surface area contributed by atoms with Crippen molar-refractivity contribution in [3.63, 3.8) is 0 Å². The quantitative estimate of drug-likeness (QED) is 0.844. The zero-order chi connectivity index (χ0) is 15.1. The normalized spacial score (nSPS) is 21.8. The Morgan fingerprint density at radius 3 is 2.62 bits per heavy atom. The first-order valence-electron chi connectivity index (χ1n) is 7.75.